The molecule has 0 spiro atoms. The number of aromatic nitrogens is 3. The second kappa shape index (κ2) is 8.37. The van der Waals surface area contributed by atoms with Crippen LogP contribution in [0.4, 0.5) is 5.82 Å². The molecule has 1 N–H and O–H groups in total. The van der Waals surface area contributed by atoms with Crippen LogP contribution >= 0.6 is 11.3 Å². The van der Waals surface area contributed by atoms with E-state index in [4.69, 9.17) is 14.8 Å². The van der Waals surface area contributed by atoms with Gasteiger partial charge in [-0.05, 0) is 37.6 Å². The Morgan fingerprint density at radius 2 is 2.16 bits per heavy atom. The number of methoxy groups -OCH3 is 1. The minimum absolute atomic E-state index is 0.00322. The highest BCUT2D eigenvalue weighted by atomic mass is 32.1. The Balaban J connectivity index is 1.47. The fraction of sp³-hybridized carbons (Fsp3) is 0.522. The van der Waals surface area contributed by atoms with E-state index in [1.165, 1.54) is 11.3 Å². The van der Waals surface area contributed by atoms with Crippen LogP contribution in [0.2, 0.25) is 0 Å². The van der Waals surface area contributed by atoms with Crippen molar-refractivity contribution in [1.82, 2.24) is 19.5 Å². The van der Waals surface area contributed by atoms with Crippen LogP contribution in [0.15, 0.2) is 23.7 Å². The number of carbonyl (C=O) groups excluding carboxylic acids is 1. The van der Waals surface area contributed by atoms with E-state index < -0.39 is 0 Å². The first-order valence-corrected chi connectivity index (χ1v) is 12.1. The summed E-state index contributed by atoms with van der Waals surface area (Å²) in [7, 11) is 1.60. The zero-order chi connectivity index (χ0) is 22.4. The fourth-order valence-electron chi connectivity index (χ4n) is 4.85. The first-order valence-electron chi connectivity index (χ1n) is 11.2. The van der Waals surface area contributed by atoms with E-state index in [1.54, 1.807) is 7.11 Å². The van der Waals surface area contributed by atoms with Crippen molar-refractivity contribution in [2.45, 2.75) is 45.3 Å². The molecule has 2 aliphatic heterocycles. The van der Waals surface area contributed by atoms with E-state index in [2.05, 4.69) is 11.8 Å². The van der Waals surface area contributed by atoms with Crippen LogP contribution in [0.3, 0.4) is 0 Å². The van der Waals surface area contributed by atoms with Gasteiger partial charge < -0.3 is 19.6 Å². The van der Waals surface area contributed by atoms with E-state index in [9.17, 15) is 9.90 Å². The molecule has 32 heavy (non-hydrogen) atoms. The molecule has 3 aromatic rings. The summed E-state index contributed by atoms with van der Waals surface area (Å²) in [6.45, 7) is 6.18. The van der Waals surface area contributed by atoms with Gasteiger partial charge in [-0.15, -0.1) is 11.3 Å². The summed E-state index contributed by atoms with van der Waals surface area (Å²) in [6.07, 6.45) is 4.59. The summed E-state index contributed by atoms with van der Waals surface area (Å²) in [5.41, 5.74) is 2.65. The molecule has 3 unspecified atom stereocenters. The monoisotopic (exact) mass is 455 g/mol. The average Bonchev–Trinajstić information content (AvgIpc) is 3.51. The minimum atomic E-state index is -0.330. The molecule has 0 aliphatic carbocycles. The van der Waals surface area contributed by atoms with Crippen LogP contribution in [-0.2, 0) is 0 Å². The lowest BCUT2D eigenvalue weighted by molar-refractivity contribution is 0.0608. The van der Waals surface area contributed by atoms with Crippen LogP contribution in [0.1, 0.15) is 53.2 Å². The number of ether oxygens (including phenoxy) is 1. The Kier molecular flexibility index (Phi) is 5.54. The van der Waals surface area contributed by atoms with Gasteiger partial charge in [-0.1, -0.05) is 6.92 Å². The topological polar surface area (TPSA) is 83.2 Å². The molecule has 0 radical (unpaired) electrons. The Labute approximate surface area is 191 Å². The van der Waals surface area contributed by atoms with Gasteiger partial charge in [-0.3, -0.25) is 4.79 Å². The number of likely N-dealkylation sites (tertiary alicyclic amines) is 1. The number of thiophene rings is 1. The molecule has 8 nitrogen and oxygen atoms in total. The number of β-amino-alcohol motifs (C(OH)–C–C–N with tert-alkyl or cyclic N) is 1. The first-order chi connectivity index (χ1) is 15.5. The van der Waals surface area contributed by atoms with Gasteiger partial charge in [0.05, 0.1) is 24.9 Å². The Bertz CT molecular complexity index is 1130. The number of rotatable bonds is 4. The molecular formula is C23H29N5O3S. The molecule has 0 bridgehead atoms. The Hall–Kier alpha value is -2.65. The first kappa shape index (κ1) is 21.2. The number of amides is 1. The molecule has 5 heterocycles. The quantitative estimate of drug-likeness (QED) is 0.650. The van der Waals surface area contributed by atoms with Crippen molar-refractivity contribution in [3.8, 4) is 5.75 Å². The Morgan fingerprint density at radius 3 is 2.91 bits per heavy atom. The maximum atomic E-state index is 13.4. The van der Waals surface area contributed by atoms with Crippen LogP contribution < -0.4 is 9.64 Å². The van der Waals surface area contributed by atoms with Gasteiger partial charge in [0, 0.05) is 43.4 Å². The largest absolute Gasteiger partial charge is 0.495 e. The number of nitrogens with zero attached hydrogens (tertiary/aromatic N) is 5. The van der Waals surface area contributed by atoms with E-state index in [0.717, 1.165) is 48.5 Å². The summed E-state index contributed by atoms with van der Waals surface area (Å²) < 4.78 is 7.20. The minimum Gasteiger partial charge on any atom is -0.495 e. The van der Waals surface area contributed by atoms with E-state index >= 15 is 0 Å². The molecule has 2 aliphatic rings. The molecule has 2 saturated heterocycles. The van der Waals surface area contributed by atoms with Crippen molar-refractivity contribution >= 4 is 28.7 Å². The van der Waals surface area contributed by atoms with Gasteiger partial charge in [-0.2, -0.15) is 5.10 Å². The zero-order valence-electron chi connectivity index (χ0n) is 18.7. The number of hydrogen-bond donors (Lipinski definition) is 1. The molecule has 170 valence electrons. The number of hydrogen-bond acceptors (Lipinski definition) is 7. The SMILES string of the molecule is COc1ccsc1C(=O)N1CCCCC1c1cc2nc(N3CC(C)C(O)C3)c(C)cn2n1. The summed E-state index contributed by atoms with van der Waals surface area (Å²) in [4.78, 5) is 23.0. The van der Waals surface area contributed by atoms with Gasteiger partial charge in [0.25, 0.3) is 5.91 Å². The smallest absolute Gasteiger partial charge is 0.268 e. The third-order valence-electron chi connectivity index (χ3n) is 6.64. The number of anilines is 1. The molecule has 2 fully saturated rings. The molecule has 0 saturated carbocycles. The fourth-order valence-corrected chi connectivity index (χ4v) is 5.66. The second-order valence-corrected chi connectivity index (χ2v) is 9.81. The number of aliphatic hydroxyl groups excluding tert-OH is 1. The third kappa shape index (κ3) is 3.63. The maximum absolute atomic E-state index is 13.4. The summed E-state index contributed by atoms with van der Waals surface area (Å²) in [5.74, 6) is 1.75. The Morgan fingerprint density at radius 1 is 1.31 bits per heavy atom. The molecule has 0 aromatic carbocycles. The van der Waals surface area contributed by atoms with E-state index in [-0.39, 0.29) is 24.0 Å². The number of piperidine rings is 1. The summed E-state index contributed by atoms with van der Waals surface area (Å²) >= 11 is 1.42. The summed E-state index contributed by atoms with van der Waals surface area (Å²) in [6, 6.07) is 3.76. The van der Waals surface area contributed by atoms with Gasteiger partial charge >= 0.3 is 0 Å². The highest BCUT2D eigenvalue weighted by Crippen LogP contribution is 2.35. The molecule has 3 atom stereocenters. The molecule has 5 rings (SSSR count). The van der Waals surface area contributed by atoms with Gasteiger partial charge in [0.2, 0.25) is 0 Å². The van der Waals surface area contributed by atoms with E-state index in [0.29, 0.717) is 23.7 Å². The van der Waals surface area contributed by atoms with Crippen molar-refractivity contribution in [3.05, 3.63) is 39.8 Å². The highest BCUT2D eigenvalue weighted by molar-refractivity contribution is 7.12. The van der Waals surface area contributed by atoms with Crippen molar-refractivity contribution in [3.63, 3.8) is 0 Å². The molecule has 1 amide bonds. The van der Waals surface area contributed by atoms with Crippen LogP contribution in [0, 0.1) is 12.8 Å². The van der Waals surface area contributed by atoms with Crippen molar-refractivity contribution in [2.24, 2.45) is 5.92 Å². The lowest BCUT2D eigenvalue weighted by Crippen LogP contribution is -2.38. The molecule has 3 aromatic heterocycles. The lowest BCUT2D eigenvalue weighted by Gasteiger charge is -2.34. The van der Waals surface area contributed by atoms with Crippen molar-refractivity contribution in [2.75, 3.05) is 31.6 Å². The summed E-state index contributed by atoms with van der Waals surface area (Å²) in [5, 5.41) is 16.9. The second-order valence-electron chi connectivity index (χ2n) is 8.90. The third-order valence-corrected chi connectivity index (χ3v) is 7.53. The molecular weight excluding hydrogens is 426 g/mol. The zero-order valence-corrected chi connectivity index (χ0v) is 19.5. The standard InChI is InChI=1S/C23H29N5O3S/c1-14-11-26(13-18(14)29)22-15(2)12-28-20(24-22)10-16(25-28)17-6-4-5-8-27(17)23(30)21-19(31-3)7-9-32-21/h7,9-10,12,14,17-18,29H,4-6,8,11,13H2,1-3H3. The van der Waals surface area contributed by atoms with Crippen LogP contribution in [-0.4, -0.2) is 63.4 Å². The average molecular weight is 456 g/mol. The van der Waals surface area contributed by atoms with Crippen LogP contribution in [0.5, 0.6) is 5.75 Å². The highest BCUT2D eigenvalue weighted by Gasteiger charge is 2.33. The van der Waals surface area contributed by atoms with Gasteiger partial charge in [0.1, 0.15) is 16.4 Å². The normalized spacial score (nSPS) is 23.8. The van der Waals surface area contributed by atoms with Gasteiger partial charge in [0.15, 0.2) is 5.65 Å². The number of fused-ring (bicyclic) bond motifs is 1. The number of aliphatic hydroxyl groups is 1. The van der Waals surface area contributed by atoms with Crippen molar-refractivity contribution in [1.29, 1.82) is 0 Å². The van der Waals surface area contributed by atoms with Crippen LogP contribution in [0.25, 0.3) is 5.65 Å². The maximum Gasteiger partial charge on any atom is 0.268 e. The predicted octanol–water partition coefficient (Wildman–Crippen LogP) is 3.29. The number of aryl methyl sites for hydroxylation is 1. The van der Waals surface area contributed by atoms with Crippen molar-refractivity contribution < 1.29 is 14.6 Å². The molecule has 9 heteroatoms. The van der Waals surface area contributed by atoms with E-state index in [1.807, 2.05) is 40.0 Å². The lowest BCUT2D eigenvalue weighted by atomic mass is 9.99. The number of carbonyl (C=O) groups is 1. The predicted molar refractivity (Wildman–Crippen MR) is 124 cm³/mol. The van der Waals surface area contributed by atoms with Gasteiger partial charge in [-0.25, -0.2) is 9.50 Å².